The minimum Gasteiger partial charge on any atom is -0.363 e. The Labute approximate surface area is 260 Å². The number of rotatable bonds is 1. The maximum atomic E-state index is 16.0. The molecule has 45 heavy (non-hydrogen) atoms. The molecular formula is C34H40F4N6O. The van der Waals surface area contributed by atoms with Crippen LogP contribution < -0.4 is 10.9 Å². The van der Waals surface area contributed by atoms with Crippen molar-refractivity contribution >= 4 is 16.9 Å². The van der Waals surface area contributed by atoms with Crippen molar-refractivity contribution in [2.75, 3.05) is 25.0 Å². The second-order valence-corrected chi connectivity index (χ2v) is 13.5. The minimum absolute atomic E-state index is 0.0657. The van der Waals surface area contributed by atoms with Gasteiger partial charge in [-0.25, -0.2) is 27.5 Å². The quantitative estimate of drug-likeness (QED) is 0.289. The molecule has 1 saturated carbocycles. The van der Waals surface area contributed by atoms with Gasteiger partial charge in [-0.15, -0.1) is 0 Å². The third-order valence-electron chi connectivity index (χ3n) is 10.1. The number of anilines is 1. The van der Waals surface area contributed by atoms with Crippen LogP contribution in [-0.2, 0) is 17.9 Å². The van der Waals surface area contributed by atoms with Crippen LogP contribution in [-0.4, -0.2) is 44.7 Å². The molecule has 2 aromatic heterocycles. The fourth-order valence-corrected chi connectivity index (χ4v) is 7.17. The molecule has 0 radical (unpaired) electrons. The number of nitriles is 1. The van der Waals surface area contributed by atoms with Crippen molar-refractivity contribution in [3.05, 3.63) is 63.5 Å². The number of fused-ring (bicyclic) bond motifs is 10. The lowest BCUT2D eigenvalue weighted by molar-refractivity contribution is -0.0906. The average molecular weight is 625 g/mol. The van der Waals surface area contributed by atoms with Gasteiger partial charge in [-0.05, 0) is 71.5 Å². The van der Waals surface area contributed by atoms with E-state index in [9.17, 15) is 10.1 Å². The van der Waals surface area contributed by atoms with E-state index in [-0.39, 0.29) is 30.5 Å². The lowest BCUT2D eigenvalue weighted by Crippen LogP contribution is -2.45. The first-order valence-corrected chi connectivity index (χ1v) is 16.1. The molecule has 11 heteroatoms. The number of piperidine rings is 1. The topological polar surface area (TPSA) is 86.8 Å². The molecule has 1 saturated heterocycles. The Hall–Kier alpha value is -3.52. The highest BCUT2D eigenvalue weighted by molar-refractivity contribution is 5.87. The Morgan fingerprint density at radius 3 is 2.44 bits per heavy atom. The van der Waals surface area contributed by atoms with E-state index in [0.717, 1.165) is 18.9 Å². The van der Waals surface area contributed by atoms with Crippen molar-refractivity contribution in [2.24, 2.45) is 5.92 Å². The van der Waals surface area contributed by atoms with Gasteiger partial charge in [0, 0.05) is 30.1 Å². The van der Waals surface area contributed by atoms with E-state index in [1.54, 1.807) is 24.5 Å². The Balaban J connectivity index is 1.42. The molecule has 3 aliphatic heterocycles. The summed E-state index contributed by atoms with van der Waals surface area (Å²) in [7, 11) is 0. The molecule has 8 bridgehead atoms. The SMILES string of the molecule is C[C@H]1Nc2ncnc3c2cc(C2(C#N)CC2)c(=O)n3CCCCCCC(C)(F)CN2CCC(CC2)C(F)(F)c2cccc1c2F. The van der Waals surface area contributed by atoms with Gasteiger partial charge < -0.3 is 10.2 Å². The summed E-state index contributed by atoms with van der Waals surface area (Å²) in [5.41, 5.74) is -2.41. The van der Waals surface area contributed by atoms with E-state index in [4.69, 9.17) is 0 Å². The minimum atomic E-state index is -3.40. The number of halogens is 4. The van der Waals surface area contributed by atoms with Gasteiger partial charge in [-0.2, -0.15) is 5.26 Å². The summed E-state index contributed by atoms with van der Waals surface area (Å²) in [6.45, 7) is 4.46. The number of hydrogen-bond donors (Lipinski definition) is 1. The van der Waals surface area contributed by atoms with Gasteiger partial charge in [0.2, 0.25) is 0 Å². The molecule has 7 rings (SSSR count). The molecule has 1 aromatic carbocycles. The largest absolute Gasteiger partial charge is 0.363 e. The van der Waals surface area contributed by atoms with Crippen LogP contribution in [0.5, 0.6) is 0 Å². The molecule has 1 aliphatic carbocycles. The van der Waals surface area contributed by atoms with Crippen LogP contribution >= 0.6 is 0 Å². The second kappa shape index (κ2) is 12.0. The lowest BCUT2D eigenvalue weighted by atomic mass is 9.84. The predicted molar refractivity (Wildman–Crippen MR) is 164 cm³/mol. The van der Waals surface area contributed by atoms with Gasteiger partial charge >= 0.3 is 0 Å². The summed E-state index contributed by atoms with van der Waals surface area (Å²) in [6.07, 6.45) is 6.02. The maximum Gasteiger partial charge on any atom is 0.278 e. The van der Waals surface area contributed by atoms with Crippen molar-refractivity contribution in [3.8, 4) is 6.07 Å². The molecule has 1 unspecified atom stereocenters. The zero-order chi connectivity index (χ0) is 32.0. The highest BCUT2D eigenvalue weighted by atomic mass is 19.3. The van der Waals surface area contributed by atoms with Crippen molar-refractivity contribution < 1.29 is 17.6 Å². The Kier molecular flexibility index (Phi) is 8.40. The number of aromatic nitrogens is 3. The second-order valence-electron chi connectivity index (χ2n) is 13.5. The first-order chi connectivity index (χ1) is 21.5. The van der Waals surface area contributed by atoms with Crippen molar-refractivity contribution in [2.45, 2.75) is 101 Å². The van der Waals surface area contributed by atoms with Crippen molar-refractivity contribution in [1.29, 1.82) is 5.26 Å². The number of hydrogen-bond acceptors (Lipinski definition) is 6. The summed E-state index contributed by atoms with van der Waals surface area (Å²) in [5, 5.41) is 13.6. The zero-order valence-corrected chi connectivity index (χ0v) is 25.9. The first kappa shape index (κ1) is 31.5. The molecule has 0 spiro atoms. The maximum absolute atomic E-state index is 16.0. The van der Waals surface area contributed by atoms with Crippen LogP contribution in [0.4, 0.5) is 23.4 Å². The highest BCUT2D eigenvalue weighted by Gasteiger charge is 2.48. The fourth-order valence-electron chi connectivity index (χ4n) is 7.17. The molecule has 3 aromatic rings. The molecule has 1 N–H and O–H groups in total. The molecule has 5 heterocycles. The van der Waals surface area contributed by atoms with Crippen LogP contribution in [0.1, 0.15) is 94.4 Å². The van der Waals surface area contributed by atoms with Crippen LogP contribution in [0.25, 0.3) is 11.0 Å². The zero-order valence-electron chi connectivity index (χ0n) is 25.9. The number of nitrogens with zero attached hydrogens (tertiary/aromatic N) is 5. The van der Waals surface area contributed by atoms with Gasteiger partial charge in [0.05, 0.1) is 28.5 Å². The normalized spacial score (nSPS) is 28.4. The Bertz CT molecular complexity index is 1670. The van der Waals surface area contributed by atoms with Crippen molar-refractivity contribution in [1.82, 2.24) is 19.4 Å². The fraction of sp³-hybridized carbons (Fsp3) is 0.588. The van der Waals surface area contributed by atoms with Crippen molar-refractivity contribution in [3.63, 3.8) is 0 Å². The molecular weight excluding hydrogens is 584 g/mol. The molecule has 2 atom stereocenters. The molecule has 4 aliphatic rings. The number of benzene rings is 1. The standard InChI is InChI=1S/C34H40F4N6O/c1-22-24-8-7-9-26(28(24)35)34(37,38)23-10-16-43(17-11-23)20-32(2,36)12-5-3-4-6-15-44-30-25(29(42-22)40-21-41-30)18-27(31(44)45)33(19-39)13-14-33/h7-9,18,21-23H,3-6,10-17,20H2,1-2H3,(H,40,41,42)/t22-,32?/m1/s1. The number of alkyl halides is 3. The van der Waals surface area contributed by atoms with Crippen LogP contribution in [0.15, 0.2) is 35.4 Å². The van der Waals surface area contributed by atoms with Gasteiger partial charge in [0.25, 0.3) is 11.5 Å². The Morgan fingerprint density at radius 2 is 1.73 bits per heavy atom. The predicted octanol–water partition coefficient (Wildman–Crippen LogP) is 7.15. The van der Waals surface area contributed by atoms with E-state index in [1.165, 1.54) is 18.5 Å². The van der Waals surface area contributed by atoms with Gasteiger partial charge in [-0.3, -0.25) is 9.36 Å². The molecule has 2 fully saturated rings. The lowest BCUT2D eigenvalue weighted by Gasteiger charge is -2.38. The van der Waals surface area contributed by atoms with Gasteiger partial charge in [-0.1, -0.05) is 37.5 Å². The smallest absolute Gasteiger partial charge is 0.278 e. The number of aryl methyl sites for hydroxylation is 1. The third kappa shape index (κ3) is 6.06. The van der Waals surface area contributed by atoms with E-state index < -0.39 is 40.3 Å². The average Bonchev–Trinajstić information content (AvgIpc) is 3.80. The third-order valence-corrected chi connectivity index (χ3v) is 10.1. The Morgan fingerprint density at radius 1 is 1.00 bits per heavy atom. The van der Waals surface area contributed by atoms with E-state index in [2.05, 4.69) is 21.4 Å². The van der Waals surface area contributed by atoms with Gasteiger partial charge in [0.15, 0.2) is 0 Å². The summed E-state index contributed by atoms with van der Waals surface area (Å²) < 4.78 is 64.9. The van der Waals surface area contributed by atoms with Gasteiger partial charge in [0.1, 0.15) is 29.3 Å². The van der Waals surface area contributed by atoms with E-state index in [0.29, 0.717) is 74.2 Å². The molecule has 0 amide bonds. The van der Waals surface area contributed by atoms with E-state index in [1.807, 2.05) is 4.90 Å². The first-order valence-electron chi connectivity index (χ1n) is 16.1. The molecule has 240 valence electrons. The summed E-state index contributed by atoms with van der Waals surface area (Å²) in [6, 6.07) is 7.29. The summed E-state index contributed by atoms with van der Waals surface area (Å²) in [5.74, 6) is -5.10. The van der Waals surface area contributed by atoms with Crippen LogP contribution in [0.2, 0.25) is 0 Å². The summed E-state index contributed by atoms with van der Waals surface area (Å²) >= 11 is 0. The van der Waals surface area contributed by atoms with E-state index >= 15 is 17.6 Å². The number of nitrogens with one attached hydrogen (secondary N) is 1. The number of pyridine rings is 1. The molecule has 7 nitrogen and oxygen atoms in total. The highest BCUT2D eigenvalue weighted by Crippen LogP contribution is 2.47. The van der Waals surface area contributed by atoms with Crippen LogP contribution in [0.3, 0.4) is 0 Å². The monoisotopic (exact) mass is 624 g/mol. The van der Waals surface area contributed by atoms with Crippen LogP contribution in [0, 0.1) is 23.1 Å². The summed E-state index contributed by atoms with van der Waals surface area (Å²) in [4.78, 5) is 24.5.